The third-order valence-electron chi connectivity index (χ3n) is 7.43. The maximum absolute atomic E-state index is 11.1. The van der Waals surface area contributed by atoms with Crippen LogP contribution < -0.4 is 9.64 Å². The van der Waals surface area contributed by atoms with Crippen molar-refractivity contribution in [2.45, 2.75) is 38.7 Å². The van der Waals surface area contributed by atoms with Gasteiger partial charge in [-0.05, 0) is 48.6 Å². The Hall–Kier alpha value is -3.41. The highest BCUT2D eigenvalue weighted by atomic mass is 16.5. The summed E-state index contributed by atoms with van der Waals surface area (Å²) >= 11 is 0. The number of pyridine rings is 1. The van der Waals surface area contributed by atoms with E-state index in [1.807, 2.05) is 36.5 Å². The Morgan fingerprint density at radius 3 is 2.50 bits per heavy atom. The average molecular weight is 510 g/mol. The minimum absolute atomic E-state index is 0.492. The van der Waals surface area contributed by atoms with Crippen molar-refractivity contribution in [3.05, 3.63) is 96.7 Å². The van der Waals surface area contributed by atoms with E-state index in [-0.39, 0.29) is 0 Å². The van der Waals surface area contributed by atoms with Gasteiger partial charge in [0.25, 0.3) is 0 Å². The standard InChI is InChI=1S/C33H39N3O2/c1-26(2)25-36(32-15-18-34-31-14-7-6-13-30(31)32)28-11-8-12-29(23-28)38-22-21-35-19-16-33(37,17-20-35)24-27-9-4-3-5-10-27/h3-15,18,23,26,37H,16-17,19-22,24-25H2,1-2H3. The Bertz CT molecular complexity index is 1310. The van der Waals surface area contributed by atoms with E-state index in [1.165, 1.54) is 5.56 Å². The van der Waals surface area contributed by atoms with Crippen LogP contribution in [0.1, 0.15) is 32.3 Å². The summed E-state index contributed by atoms with van der Waals surface area (Å²) in [5.74, 6) is 1.37. The summed E-state index contributed by atoms with van der Waals surface area (Å²) in [7, 11) is 0. The number of aliphatic hydroxyl groups is 1. The summed E-state index contributed by atoms with van der Waals surface area (Å²) in [6.07, 6.45) is 4.21. The molecule has 0 radical (unpaired) electrons. The molecule has 0 atom stereocenters. The van der Waals surface area contributed by atoms with Gasteiger partial charge in [-0.2, -0.15) is 0 Å². The van der Waals surface area contributed by atoms with Crippen LogP contribution in [0.15, 0.2) is 91.1 Å². The second-order valence-electron chi connectivity index (χ2n) is 10.9. The Labute approximate surface area is 226 Å². The molecule has 3 aromatic carbocycles. The molecular formula is C33H39N3O2. The molecule has 2 heterocycles. The largest absolute Gasteiger partial charge is 0.492 e. The molecule has 1 aliphatic heterocycles. The van der Waals surface area contributed by atoms with Crippen LogP contribution in [0.2, 0.25) is 0 Å². The molecule has 5 nitrogen and oxygen atoms in total. The van der Waals surface area contributed by atoms with E-state index >= 15 is 0 Å². The molecule has 1 fully saturated rings. The molecule has 1 aromatic heterocycles. The van der Waals surface area contributed by atoms with E-state index in [2.05, 4.69) is 83.2 Å². The Morgan fingerprint density at radius 2 is 1.71 bits per heavy atom. The van der Waals surface area contributed by atoms with Gasteiger partial charge in [-0.25, -0.2) is 0 Å². The number of para-hydroxylation sites is 1. The summed E-state index contributed by atoms with van der Waals surface area (Å²) < 4.78 is 6.23. The van der Waals surface area contributed by atoms with E-state index in [0.29, 0.717) is 12.5 Å². The van der Waals surface area contributed by atoms with Crippen molar-refractivity contribution in [3.8, 4) is 5.75 Å². The van der Waals surface area contributed by atoms with Crippen molar-refractivity contribution < 1.29 is 9.84 Å². The molecule has 1 saturated heterocycles. The number of hydrogen-bond donors (Lipinski definition) is 1. The lowest BCUT2D eigenvalue weighted by molar-refractivity contribution is -0.0226. The zero-order valence-electron chi connectivity index (χ0n) is 22.6. The number of likely N-dealkylation sites (tertiary alicyclic amines) is 1. The highest BCUT2D eigenvalue weighted by Gasteiger charge is 2.32. The summed E-state index contributed by atoms with van der Waals surface area (Å²) in [5, 5.41) is 12.2. The number of ether oxygens (including phenoxy) is 1. The van der Waals surface area contributed by atoms with Crippen LogP contribution in [0.25, 0.3) is 10.9 Å². The van der Waals surface area contributed by atoms with Crippen molar-refractivity contribution in [3.63, 3.8) is 0 Å². The lowest BCUT2D eigenvalue weighted by Crippen LogP contribution is -2.46. The van der Waals surface area contributed by atoms with Crippen molar-refractivity contribution in [2.24, 2.45) is 5.92 Å². The Morgan fingerprint density at radius 1 is 0.947 bits per heavy atom. The Balaban J connectivity index is 1.20. The number of rotatable bonds is 10. The zero-order valence-corrected chi connectivity index (χ0v) is 22.6. The predicted molar refractivity (Wildman–Crippen MR) is 156 cm³/mol. The molecule has 1 N–H and O–H groups in total. The summed E-state index contributed by atoms with van der Waals surface area (Å²) in [6.45, 7) is 8.66. The smallest absolute Gasteiger partial charge is 0.121 e. The van der Waals surface area contributed by atoms with Crippen LogP contribution in [0.3, 0.4) is 0 Å². The van der Waals surface area contributed by atoms with Crippen molar-refractivity contribution in [1.29, 1.82) is 0 Å². The van der Waals surface area contributed by atoms with E-state index in [4.69, 9.17) is 4.74 Å². The van der Waals surface area contributed by atoms with Gasteiger partial charge in [0.15, 0.2) is 0 Å². The van der Waals surface area contributed by atoms with Crippen molar-refractivity contribution >= 4 is 22.3 Å². The van der Waals surface area contributed by atoms with Gasteiger partial charge in [-0.15, -0.1) is 0 Å². The minimum atomic E-state index is -0.607. The molecule has 0 aliphatic carbocycles. The molecule has 5 rings (SSSR count). The van der Waals surface area contributed by atoms with E-state index in [0.717, 1.165) is 73.5 Å². The van der Waals surface area contributed by atoms with Gasteiger partial charge in [-0.1, -0.05) is 68.4 Å². The number of piperidine rings is 1. The highest BCUT2D eigenvalue weighted by Crippen LogP contribution is 2.34. The summed E-state index contributed by atoms with van der Waals surface area (Å²) in [6, 6.07) is 29.1. The molecule has 0 spiro atoms. The number of nitrogens with zero attached hydrogens (tertiary/aromatic N) is 3. The summed E-state index contributed by atoms with van der Waals surface area (Å²) in [4.78, 5) is 9.33. The molecule has 38 heavy (non-hydrogen) atoms. The van der Waals surface area contributed by atoms with Crippen LogP contribution in [0.4, 0.5) is 11.4 Å². The minimum Gasteiger partial charge on any atom is -0.492 e. The first kappa shape index (κ1) is 26.2. The molecule has 4 aromatic rings. The van der Waals surface area contributed by atoms with Gasteiger partial charge >= 0.3 is 0 Å². The van der Waals surface area contributed by atoms with Crippen LogP contribution >= 0.6 is 0 Å². The van der Waals surface area contributed by atoms with Crippen molar-refractivity contribution in [2.75, 3.05) is 37.7 Å². The predicted octanol–water partition coefficient (Wildman–Crippen LogP) is 6.48. The molecule has 0 saturated carbocycles. The number of aromatic nitrogens is 1. The zero-order chi connectivity index (χ0) is 26.4. The van der Waals surface area contributed by atoms with Gasteiger partial charge in [0.1, 0.15) is 12.4 Å². The normalized spacial score (nSPS) is 15.6. The van der Waals surface area contributed by atoms with Gasteiger partial charge in [0.2, 0.25) is 0 Å². The Kier molecular flexibility index (Phi) is 8.26. The topological polar surface area (TPSA) is 48.8 Å². The van der Waals surface area contributed by atoms with Crippen LogP contribution in [-0.2, 0) is 6.42 Å². The summed E-state index contributed by atoms with van der Waals surface area (Å²) in [5.41, 5.74) is 3.89. The number of benzene rings is 3. The van der Waals surface area contributed by atoms with Gasteiger partial charge < -0.3 is 14.7 Å². The first-order chi connectivity index (χ1) is 18.5. The number of fused-ring (bicyclic) bond motifs is 1. The molecule has 0 bridgehead atoms. The second kappa shape index (κ2) is 12.0. The molecular weight excluding hydrogens is 470 g/mol. The van der Waals surface area contributed by atoms with E-state index in [1.54, 1.807) is 0 Å². The highest BCUT2D eigenvalue weighted by molar-refractivity contribution is 5.93. The average Bonchev–Trinajstić information content (AvgIpc) is 2.93. The fourth-order valence-electron chi connectivity index (χ4n) is 5.40. The first-order valence-corrected chi connectivity index (χ1v) is 13.8. The monoisotopic (exact) mass is 509 g/mol. The number of anilines is 2. The third-order valence-corrected chi connectivity index (χ3v) is 7.43. The molecule has 5 heteroatoms. The SMILES string of the molecule is CC(C)CN(c1cccc(OCCN2CCC(O)(Cc3ccccc3)CC2)c1)c1ccnc2ccccc12. The fourth-order valence-corrected chi connectivity index (χ4v) is 5.40. The van der Waals surface area contributed by atoms with Gasteiger partial charge in [-0.3, -0.25) is 9.88 Å². The van der Waals surface area contributed by atoms with Crippen LogP contribution in [-0.4, -0.2) is 53.4 Å². The quantitative estimate of drug-likeness (QED) is 0.265. The van der Waals surface area contributed by atoms with E-state index in [9.17, 15) is 5.11 Å². The maximum atomic E-state index is 11.1. The lowest BCUT2D eigenvalue weighted by Gasteiger charge is -2.38. The van der Waals surface area contributed by atoms with Crippen molar-refractivity contribution in [1.82, 2.24) is 9.88 Å². The molecule has 0 unspecified atom stereocenters. The first-order valence-electron chi connectivity index (χ1n) is 13.8. The number of hydrogen-bond acceptors (Lipinski definition) is 5. The van der Waals surface area contributed by atoms with Crippen LogP contribution in [0.5, 0.6) is 5.75 Å². The van der Waals surface area contributed by atoms with Gasteiger partial charge in [0.05, 0.1) is 16.8 Å². The molecule has 1 aliphatic rings. The van der Waals surface area contributed by atoms with E-state index < -0.39 is 5.60 Å². The molecule has 198 valence electrons. The molecule has 0 amide bonds. The second-order valence-corrected chi connectivity index (χ2v) is 10.9. The maximum Gasteiger partial charge on any atom is 0.121 e. The lowest BCUT2D eigenvalue weighted by atomic mass is 9.85. The van der Waals surface area contributed by atoms with Gasteiger partial charge in [0, 0.05) is 55.9 Å². The third kappa shape index (κ3) is 6.53. The van der Waals surface area contributed by atoms with Crippen LogP contribution in [0, 0.1) is 5.92 Å². The fraction of sp³-hybridized carbons (Fsp3) is 0.364.